The van der Waals surface area contributed by atoms with E-state index in [0.717, 1.165) is 23.2 Å². The molecule has 1 amide bonds. The van der Waals surface area contributed by atoms with Crippen molar-refractivity contribution in [1.29, 1.82) is 0 Å². The fourth-order valence-corrected chi connectivity index (χ4v) is 3.73. The summed E-state index contributed by atoms with van der Waals surface area (Å²) in [5.41, 5.74) is 0.803. The van der Waals surface area contributed by atoms with Crippen molar-refractivity contribution in [2.24, 2.45) is 5.41 Å². The van der Waals surface area contributed by atoms with E-state index >= 15 is 0 Å². The number of nitrogens with zero attached hydrogens (tertiary/aromatic N) is 1. The number of carbonyl (C=O) groups is 2. The molecule has 0 spiro atoms. The summed E-state index contributed by atoms with van der Waals surface area (Å²) in [6, 6.07) is 7.52. The average Bonchev–Trinajstić information content (AvgIpc) is 2.66. The van der Waals surface area contributed by atoms with Crippen LogP contribution in [0.25, 0.3) is 0 Å². The first-order chi connectivity index (χ1) is 12.9. The number of likely N-dealkylation sites (tertiary alicyclic amines) is 1. The highest BCUT2D eigenvalue weighted by molar-refractivity contribution is 9.10. The van der Waals surface area contributed by atoms with E-state index in [9.17, 15) is 9.59 Å². The van der Waals surface area contributed by atoms with Crippen molar-refractivity contribution in [1.82, 2.24) is 4.90 Å². The van der Waals surface area contributed by atoms with Crippen LogP contribution in [0.5, 0.6) is 0 Å². The molecule has 1 aliphatic rings. The van der Waals surface area contributed by atoms with Gasteiger partial charge in [0, 0.05) is 23.1 Å². The van der Waals surface area contributed by atoms with E-state index in [1.54, 1.807) is 13.0 Å². The molecule has 5 nitrogen and oxygen atoms in total. The highest BCUT2D eigenvalue weighted by Crippen LogP contribution is 2.39. The van der Waals surface area contributed by atoms with Crippen molar-refractivity contribution in [2.75, 3.05) is 31.6 Å². The maximum Gasteiger partial charge on any atom is 0.316 e. The van der Waals surface area contributed by atoms with Crippen LogP contribution in [-0.4, -0.2) is 43.0 Å². The lowest BCUT2D eigenvalue weighted by Gasteiger charge is -2.40. The van der Waals surface area contributed by atoms with Crippen LogP contribution in [0.3, 0.4) is 0 Å². The number of benzene rings is 1. The van der Waals surface area contributed by atoms with Crippen molar-refractivity contribution in [3.63, 3.8) is 0 Å². The van der Waals surface area contributed by atoms with Gasteiger partial charge in [-0.05, 0) is 56.6 Å². The third kappa shape index (κ3) is 5.53. The molecule has 0 unspecified atom stereocenters. The first kappa shape index (κ1) is 21.4. The number of hydrogen-bond acceptors (Lipinski definition) is 4. The molecule has 0 atom stereocenters. The van der Waals surface area contributed by atoms with Gasteiger partial charge in [-0.15, -0.1) is 0 Å². The predicted molar refractivity (Wildman–Crippen MR) is 111 cm³/mol. The van der Waals surface area contributed by atoms with E-state index in [4.69, 9.17) is 4.74 Å². The molecule has 1 aromatic rings. The first-order valence-electron chi connectivity index (χ1n) is 9.18. The van der Waals surface area contributed by atoms with E-state index in [-0.39, 0.29) is 11.9 Å². The van der Waals surface area contributed by atoms with Crippen LogP contribution in [0.1, 0.15) is 26.2 Å². The molecule has 1 saturated heterocycles. The molecule has 1 aromatic carbocycles. The largest absolute Gasteiger partial charge is 0.465 e. The van der Waals surface area contributed by atoms with Gasteiger partial charge in [0.2, 0.25) is 5.91 Å². The molecule has 0 aromatic heterocycles. The second-order valence-electron chi connectivity index (χ2n) is 6.68. The van der Waals surface area contributed by atoms with Crippen LogP contribution in [0.15, 0.2) is 53.5 Å². The number of allylic oxidation sites excluding steroid dienone is 1. The summed E-state index contributed by atoms with van der Waals surface area (Å²) >= 11 is 3.39. The minimum Gasteiger partial charge on any atom is -0.465 e. The number of ether oxygens (including phenoxy) is 1. The number of piperidine rings is 1. The Hall–Kier alpha value is -1.92. The van der Waals surface area contributed by atoms with Gasteiger partial charge in [-0.3, -0.25) is 9.59 Å². The van der Waals surface area contributed by atoms with Crippen LogP contribution >= 0.6 is 15.9 Å². The van der Waals surface area contributed by atoms with Crippen LogP contribution < -0.4 is 5.32 Å². The van der Waals surface area contributed by atoms with Crippen molar-refractivity contribution >= 4 is 33.5 Å². The maximum absolute atomic E-state index is 12.5. The summed E-state index contributed by atoms with van der Waals surface area (Å²) in [7, 11) is 0. The zero-order valence-electron chi connectivity index (χ0n) is 15.8. The lowest BCUT2D eigenvalue weighted by Crippen LogP contribution is -2.46. The lowest BCUT2D eigenvalue weighted by atomic mass is 9.72. The topological polar surface area (TPSA) is 58.6 Å². The van der Waals surface area contributed by atoms with Crippen LogP contribution in [0.4, 0.5) is 5.69 Å². The molecule has 0 aliphatic carbocycles. The van der Waals surface area contributed by atoms with Gasteiger partial charge in [0.1, 0.15) is 0 Å². The molecule has 6 heteroatoms. The summed E-state index contributed by atoms with van der Waals surface area (Å²) < 4.78 is 6.21. The summed E-state index contributed by atoms with van der Waals surface area (Å²) in [6.45, 7) is 12.0. The Kier molecular flexibility index (Phi) is 7.80. The molecule has 1 N–H and O–H groups in total. The highest BCUT2D eigenvalue weighted by Gasteiger charge is 2.44. The first-order valence-corrected chi connectivity index (χ1v) is 9.97. The number of amides is 1. The van der Waals surface area contributed by atoms with Crippen molar-refractivity contribution < 1.29 is 14.3 Å². The van der Waals surface area contributed by atoms with Crippen molar-refractivity contribution in [2.45, 2.75) is 26.2 Å². The van der Waals surface area contributed by atoms with Gasteiger partial charge in [-0.2, -0.15) is 0 Å². The smallest absolute Gasteiger partial charge is 0.316 e. The Labute approximate surface area is 169 Å². The normalized spacial score (nSPS) is 16.4. The molecule has 0 radical (unpaired) electrons. The van der Waals surface area contributed by atoms with Gasteiger partial charge in [0.25, 0.3) is 0 Å². The van der Waals surface area contributed by atoms with Crippen LogP contribution in [0.2, 0.25) is 0 Å². The fourth-order valence-electron chi connectivity index (χ4n) is 3.33. The maximum atomic E-state index is 12.5. The predicted octanol–water partition coefficient (Wildman–Crippen LogP) is 4.17. The summed E-state index contributed by atoms with van der Waals surface area (Å²) in [4.78, 5) is 26.9. The zero-order chi connectivity index (χ0) is 19.9. The van der Waals surface area contributed by atoms with Crippen LogP contribution in [0, 0.1) is 5.41 Å². The molecule has 27 heavy (non-hydrogen) atoms. The Morgan fingerprint density at radius 2 is 2.07 bits per heavy atom. The van der Waals surface area contributed by atoms with Crippen molar-refractivity contribution in [3.8, 4) is 0 Å². The number of carbonyl (C=O) groups excluding carboxylic acids is 2. The van der Waals surface area contributed by atoms with Gasteiger partial charge in [0.05, 0.1) is 12.0 Å². The van der Waals surface area contributed by atoms with Gasteiger partial charge in [-0.1, -0.05) is 41.2 Å². The van der Waals surface area contributed by atoms with E-state index < -0.39 is 5.41 Å². The van der Waals surface area contributed by atoms with E-state index in [2.05, 4.69) is 39.3 Å². The monoisotopic (exact) mass is 434 g/mol. The molecule has 1 fully saturated rings. The zero-order valence-corrected chi connectivity index (χ0v) is 17.4. The second-order valence-corrected chi connectivity index (χ2v) is 7.60. The number of hydrogen-bond donors (Lipinski definition) is 1. The number of nitrogens with one attached hydrogen (secondary N) is 1. The molecular weight excluding hydrogens is 408 g/mol. The Bertz CT molecular complexity index is 709. The third-order valence-corrected chi connectivity index (χ3v) is 5.49. The average molecular weight is 435 g/mol. The molecular formula is C21H27BrN2O3. The number of anilines is 1. The summed E-state index contributed by atoms with van der Waals surface area (Å²) in [6.07, 6.45) is 3.31. The SMILES string of the molecule is C=CC(=C)C1(C(=O)OCC)CCN(CCC(=O)Nc2cccc(Br)c2)CC1. The minimum atomic E-state index is -0.688. The van der Waals surface area contributed by atoms with E-state index in [1.165, 1.54) is 0 Å². The summed E-state index contributed by atoms with van der Waals surface area (Å²) in [5.74, 6) is -0.243. The van der Waals surface area contributed by atoms with Gasteiger partial charge < -0.3 is 15.0 Å². The van der Waals surface area contributed by atoms with E-state index in [0.29, 0.717) is 38.0 Å². The van der Waals surface area contributed by atoms with E-state index in [1.807, 2.05) is 24.3 Å². The molecule has 146 valence electrons. The Morgan fingerprint density at radius 3 is 2.67 bits per heavy atom. The Morgan fingerprint density at radius 1 is 1.37 bits per heavy atom. The standard InChI is InChI=1S/C21H27BrN2O3/c1-4-16(3)21(20(26)27-5-2)10-13-24(14-11-21)12-9-19(25)23-18-8-6-7-17(22)15-18/h4,6-8,15H,1,3,5,9-14H2,2H3,(H,23,25). The van der Waals surface area contributed by atoms with Gasteiger partial charge >= 0.3 is 5.97 Å². The molecule has 1 heterocycles. The number of halogens is 1. The van der Waals surface area contributed by atoms with Crippen molar-refractivity contribution in [3.05, 3.63) is 53.5 Å². The van der Waals surface area contributed by atoms with Gasteiger partial charge in [0.15, 0.2) is 0 Å². The molecule has 2 rings (SSSR count). The molecule has 0 saturated carbocycles. The lowest BCUT2D eigenvalue weighted by molar-refractivity contribution is -0.155. The highest BCUT2D eigenvalue weighted by atomic mass is 79.9. The second kappa shape index (κ2) is 9.85. The minimum absolute atomic E-state index is 0.0224. The summed E-state index contributed by atoms with van der Waals surface area (Å²) in [5, 5.41) is 2.90. The molecule has 0 bridgehead atoms. The number of esters is 1. The molecule has 1 aliphatic heterocycles. The fraction of sp³-hybridized carbons (Fsp3) is 0.429. The van der Waals surface area contributed by atoms with Gasteiger partial charge in [-0.25, -0.2) is 0 Å². The Balaban J connectivity index is 1.87. The quantitative estimate of drug-likeness (QED) is 0.492. The van der Waals surface area contributed by atoms with Crippen LogP contribution in [-0.2, 0) is 14.3 Å². The third-order valence-electron chi connectivity index (χ3n) is 5.00. The number of rotatable bonds is 8.